The quantitative estimate of drug-likeness (QED) is 0.700. The van der Waals surface area contributed by atoms with Gasteiger partial charge < -0.3 is 11.1 Å². The van der Waals surface area contributed by atoms with Gasteiger partial charge in [0.15, 0.2) is 5.78 Å². The van der Waals surface area contributed by atoms with Crippen LogP contribution in [0, 0.1) is 0 Å². The second-order valence-corrected chi connectivity index (χ2v) is 3.05. The lowest BCUT2D eigenvalue weighted by Crippen LogP contribution is -2.40. The van der Waals surface area contributed by atoms with Gasteiger partial charge >= 0.3 is 0 Å². The van der Waals surface area contributed by atoms with E-state index in [0.717, 1.165) is 0 Å². The molecule has 0 aliphatic heterocycles. The zero-order valence-electron chi connectivity index (χ0n) is 12.9. The van der Waals surface area contributed by atoms with Crippen LogP contribution in [0.4, 0.5) is 4.39 Å². The summed E-state index contributed by atoms with van der Waals surface area (Å²) in [5.74, 6) is -0.824. The van der Waals surface area contributed by atoms with E-state index in [1.54, 1.807) is 0 Å². The summed E-state index contributed by atoms with van der Waals surface area (Å²) >= 11 is 0. The molecule has 114 valence electrons. The smallest absolute Gasteiger partial charge is 0.151 e. The highest BCUT2D eigenvalue weighted by Crippen LogP contribution is 2.14. The minimum absolute atomic E-state index is 0. The maximum Gasteiger partial charge on any atom is 0.151 e. The van der Waals surface area contributed by atoms with Crippen LogP contribution in [0.2, 0.25) is 0 Å². The van der Waals surface area contributed by atoms with Crippen LogP contribution in [0.15, 0.2) is 36.7 Å². The Kier molecular flexibility index (Phi) is 20.2. The molecule has 0 spiro atoms. The molecule has 4 heteroatoms. The topological polar surface area (TPSA) is 55.1 Å². The molecular formula is C15H31FN2O. The zero-order valence-corrected chi connectivity index (χ0v) is 12.9. The van der Waals surface area contributed by atoms with E-state index in [4.69, 9.17) is 5.73 Å². The van der Waals surface area contributed by atoms with Crippen molar-refractivity contribution in [3.05, 3.63) is 36.7 Å². The fourth-order valence-electron chi connectivity index (χ4n) is 1.17. The first kappa shape index (κ1) is 22.9. The molecule has 0 radical (unpaired) electrons. The van der Waals surface area contributed by atoms with E-state index in [1.165, 1.54) is 19.1 Å². The molecule has 0 aliphatic rings. The Labute approximate surface area is 118 Å². The van der Waals surface area contributed by atoms with Gasteiger partial charge in [0, 0.05) is 20.1 Å². The maximum atomic E-state index is 13.1. The Hall–Kier alpha value is -1.26. The SMILES string of the molecule is C=C/C=C(\C(=C)F)C(NCCN)C(C)=O.CC.CC.[HH]. The summed E-state index contributed by atoms with van der Waals surface area (Å²) in [5.41, 5.74) is 5.50. The minimum atomic E-state index is -0.705. The maximum absolute atomic E-state index is 13.1. The van der Waals surface area contributed by atoms with Crippen molar-refractivity contribution in [3.8, 4) is 0 Å². The molecule has 0 rings (SSSR count). The van der Waals surface area contributed by atoms with E-state index in [2.05, 4.69) is 18.5 Å². The predicted molar refractivity (Wildman–Crippen MR) is 84.9 cm³/mol. The highest BCUT2D eigenvalue weighted by atomic mass is 19.1. The van der Waals surface area contributed by atoms with Crippen LogP contribution in [0.3, 0.4) is 0 Å². The Balaban J connectivity index is -0.000000233. The van der Waals surface area contributed by atoms with E-state index in [-0.39, 0.29) is 12.8 Å². The molecule has 0 saturated heterocycles. The van der Waals surface area contributed by atoms with Crippen LogP contribution in [-0.2, 0) is 4.79 Å². The van der Waals surface area contributed by atoms with Gasteiger partial charge in [0.1, 0.15) is 5.83 Å². The molecule has 0 aromatic heterocycles. The third-order valence-corrected chi connectivity index (χ3v) is 1.82. The van der Waals surface area contributed by atoms with Gasteiger partial charge in [-0.15, -0.1) is 0 Å². The Bertz CT molecular complexity index is 292. The summed E-state index contributed by atoms with van der Waals surface area (Å²) in [5, 5.41) is 2.84. The zero-order chi connectivity index (χ0) is 15.8. The number of carbonyl (C=O) groups excluding carboxylic acids is 1. The normalized spacial score (nSPS) is 11.2. The van der Waals surface area contributed by atoms with Crippen molar-refractivity contribution in [2.45, 2.75) is 40.7 Å². The number of Topliss-reactive ketones (excluding diaryl/α,β-unsaturated/α-hetero) is 1. The molecular weight excluding hydrogens is 243 g/mol. The largest absolute Gasteiger partial charge is 0.329 e. The molecule has 3 nitrogen and oxygen atoms in total. The fourth-order valence-corrected chi connectivity index (χ4v) is 1.17. The van der Waals surface area contributed by atoms with Gasteiger partial charge in [-0.1, -0.05) is 53.0 Å². The molecule has 0 saturated carbocycles. The number of rotatable bonds is 7. The molecule has 0 amide bonds. The summed E-state index contributed by atoms with van der Waals surface area (Å²) < 4.78 is 13.1. The third kappa shape index (κ3) is 11.6. The summed E-state index contributed by atoms with van der Waals surface area (Å²) in [6, 6.07) is -0.705. The van der Waals surface area contributed by atoms with E-state index in [1.807, 2.05) is 27.7 Å². The van der Waals surface area contributed by atoms with Gasteiger partial charge in [0.2, 0.25) is 0 Å². The van der Waals surface area contributed by atoms with Crippen LogP contribution >= 0.6 is 0 Å². The highest BCUT2D eigenvalue weighted by Gasteiger charge is 2.20. The van der Waals surface area contributed by atoms with Crippen molar-refractivity contribution in [2.24, 2.45) is 5.73 Å². The average molecular weight is 274 g/mol. The number of hydrogen-bond acceptors (Lipinski definition) is 3. The van der Waals surface area contributed by atoms with Crippen molar-refractivity contribution >= 4 is 5.78 Å². The molecule has 3 N–H and O–H groups in total. The highest BCUT2D eigenvalue weighted by molar-refractivity contribution is 5.85. The lowest BCUT2D eigenvalue weighted by Gasteiger charge is -2.17. The molecule has 0 aliphatic carbocycles. The lowest BCUT2D eigenvalue weighted by molar-refractivity contribution is -0.118. The summed E-state index contributed by atoms with van der Waals surface area (Å²) in [4.78, 5) is 11.3. The van der Waals surface area contributed by atoms with E-state index < -0.39 is 11.9 Å². The number of nitrogens with one attached hydrogen (secondary N) is 1. The van der Waals surface area contributed by atoms with Crippen molar-refractivity contribution in [1.29, 1.82) is 0 Å². The van der Waals surface area contributed by atoms with Gasteiger partial charge in [0.05, 0.1) is 6.04 Å². The second-order valence-electron chi connectivity index (χ2n) is 3.05. The molecule has 1 atom stereocenters. The standard InChI is InChI=1S/C11H17FN2O.2C2H6.H2/c1-4-5-10(8(2)12)11(9(3)15)14-7-6-13;2*1-2;/h4-5,11,14H,1-2,6-7,13H2,3H3;2*1-2H3;1H/b10-5+;;;. The van der Waals surface area contributed by atoms with E-state index in [9.17, 15) is 9.18 Å². The Morgan fingerprint density at radius 2 is 1.89 bits per heavy atom. The van der Waals surface area contributed by atoms with Crippen LogP contribution in [0.5, 0.6) is 0 Å². The molecule has 19 heavy (non-hydrogen) atoms. The van der Waals surface area contributed by atoms with Gasteiger partial charge in [-0.3, -0.25) is 4.79 Å². The summed E-state index contributed by atoms with van der Waals surface area (Å²) in [7, 11) is 0. The van der Waals surface area contributed by atoms with Crippen LogP contribution in [-0.4, -0.2) is 24.9 Å². The Morgan fingerprint density at radius 3 is 2.16 bits per heavy atom. The fraction of sp³-hybridized carbons (Fsp3) is 0.533. The van der Waals surface area contributed by atoms with Crippen LogP contribution in [0.25, 0.3) is 0 Å². The van der Waals surface area contributed by atoms with Crippen molar-refractivity contribution in [2.75, 3.05) is 13.1 Å². The van der Waals surface area contributed by atoms with Gasteiger partial charge in [-0.2, -0.15) is 0 Å². The van der Waals surface area contributed by atoms with E-state index >= 15 is 0 Å². The molecule has 1 unspecified atom stereocenters. The van der Waals surface area contributed by atoms with Gasteiger partial charge in [0.25, 0.3) is 0 Å². The number of halogens is 1. The van der Waals surface area contributed by atoms with Crippen LogP contribution < -0.4 is 11.1 Å². The van der Waals surface area contributed by atoms with Crippen LogP contribution in [0.1, 0.15) is 36.0 Å². The average Bonchev–Trinajstić information content (AvgIpc) is 2.42. The molecule has 0 aromatic carbocycles. The first-order valence-electron chi connectivity index (χ1n) is 6.65. The lowest BCUT2D eigenvalue weighted by atomic mass is 10.0. The Morgan fingerprint density at radius 1 is 1.42 bits per heavy atom. The van der Waals surface area contributed by atoms with Gasteiger partial charge in [-0.05, 0) is 6.92 Å². The summed E-state index contributed by atoms with van der Waals surface area (Å²) in [6.45, 7) is 16.8. The third-order valence-electron chi connectivity index (χ3n) is 1.82. The molecule has 0 heterocycles. The molecule has 0 bridgehead atoms. The van der Waals surface area contributed by atoms with Crippen molar-refractivity contribution in [1.82, 2.24) is 5.32 Å². The number of allylic oxidation sites excluding steroid dienone is 2. The van der Waals surface area contributed by atoms with Gasteiger partial charge in [-0.25, -0.2) is 4.39 Å². The molecule has 0 fully saturated rings. The first-order valence-corrected chi connectivity index (χ1v) is 6.65. The molecule has 0 aromatic rings. The van der Waals surface area contributed by atoms with E-state index in [0.29, 0.717) is 13.1 Å². The first-order chi connectivity index (χ1) is 9.04. The second kappa shape index (κ2) is 16.7. The minimum Gasteiger partial charge on any atom is -0.329 e. The summed E-state index contributed by atoms with van der Waals surface area (Å²) in [6.07, 6.45) is 2.85. The number of hydrogen-bond donors (Lipinski definition) is 2. The van der Waals surface area contributed by atoms with Crippen molar-refractivity contribution < 1.29 is 10.6 Å². The van der Waals surface area contributed by atoms with Crippen molar-refractivity contribution in [3.63, 3.8) is 0 Å². The monoisotopic (exact) mass is 274 g/mol. The number of ketones is 1. The number of carbonyl (C=O) groups is 1. The number of nitrogens with two attached hydrogens (primary N) is 1. The predicted octanol–water partition coefficient (Wildman–Crippen LogP) is 3.39.